The summed E-state index contributed by atoms with van der Waals surface area (Å²) < 4.78 is 2.21. The van der Waals surface area contributed by atoms with Crippen LogP contribution in [0.5, 0.6) is 0 Å². The maximum absolute atomic E-state index is 10.7. The van der Waals surface area contributed by atoms with Crippen LogP contribution in [0.25, 0.3) is 0 Å². The van der Waals surface area contributed by atoms with E-state index >= 15 is 0 Å². The van der Waals surface area contributed by atoms with Crippen LogP contribution in [0.15, 0.2) is 29.2 Å². The van der Waals surface area contributed by atoms with Gasteiger partial charge in [0, 0.05) is 36.2 Å². The third kappa shape index (κ3) is 5.90. The molecule has 1 aromatic carbocycles. The van der Waals surface area contributed by atoms with Crippen molar-refractivity contribution < 1.29 is 4.92 Å². The molecule has 0 radical (unpaired) electrons. The monoisotopic (exact) mass is 297 g/mol. The number of hydrogen-bond acceptors (Lipinski definition) is 5. The lowest BCUT2D eigenvalue weighted by molar-refractivity contribution is -0.385. The van der Waals surface area contributed by atoms with Crippen LogP contribution in [-0.2, 0) is 0 Å². The Balaban J connectivity index is 0.000000612. The first-order valence-electron chi connectivity index (χ1n) is 6.99. The maximum atomic E-state index is 10.7. The van der Waals surface area contributed by atoms with E-state index in [1.54, 1.807) is 24.1 Å². The SMILES string of the molecule is CCC.NC1CCN(Sc2cccc([N+](=O)[O-])c2)CC1. The van der Waals surface area contributed by atoms with Crippen molar-refractivity contribution in [2.24, 2.45) is 5.73 Å². The van der Waals surface area contributed by atoms with Gasteiger partial charge >= 0.3 is 0 Å². The Bertz CT molecular complexity index is 421. The third-order valence-electron chi connectivity index (χ3n) is 2.76. The Morgan fingerprint density at radius 1 is 1.40 bits per heavy atom. The molecule has 1 aromatic rings. The molecule has 2 rings (SSSR count). The van der Waals surface area contributed by atoms with Crippen molar-refractivity contribution >= 4 is 17.6 Å². The molecule has 0 spiro atoms. The van der Waals surface area contributed by atoms with Gasteiger partial charge < -0.3 is 5.73 Å². The first-order valence-corrected chi connectivity index (χ1v) is 7.77. The second kappa shape index (κ2) is 8.94. The Kier molecular flexibility index (Phi) is 7.58. The highest BCUT2D eigenvalue weighted by Crippen LogP contribution is 2.28. The molecule has 0 saturated carbocycles. The molecule has 0 bridgehead atoms. The fraction of sp³-hybridized carbons (Fsp3) is 0.571. The quantitative estimate of drug-likeness (QED) is 0.525. The Labute approximate surface area is 124 Å². The second-order valence-electron chi connectivity index (χ2n) is 4.82. The zero-order valence-corrected chi connectivity index (χ0v) is 12.9. The molecule has 0 aromatic heterocycles. The molecule has 1 aliphatic rings. The predicted molar refractivity (Wildman–Crippen MR) is 83.7 cm³/mol. The lowest BCUT2D eigenvalue weighted by Crippen LogP contribution is -2.36. The van der Waals surface area contributed by atoms with Crippen LogP contribution >= 0.6 is 11.9 Å². The molecule has 0 unspecified atom stereocenters. The molecule has 1 saturated heterocycles. The van der Waals surface area contributed by atoms with Crippen molar-refractivity contribution in [1.82, 2.24) is 4.31 Å². The van der Waals surface area contributed by atoms with Crippen LogP contribution in [0.2, 0.25) is 0 Å². The minimum absolute atomic E-state index is 0.142. The Morgan fingerprint density at radius 3 is 2.55 bits per heavy atom. The van der Waals surface area contributed by atoms with Gasteiger partial charge in [-0.25, -0.2) is 4.31 Å². The zero-order valence-electron chi connectivity index (χ0n) is 12.1. The Hall–Kier alpha value is -1.11. The summed E-state index contributed by atoms with van der Waals surface area (Å²) in [6.07, 6.45) is 3.23. The van der Waals surface area contributed by atoms with Gasteiger partial charge in [0.15, 0.2) is 0 Å². The first kappa shape index (κ1) is 16.9. The highest BCUT2D eigenvalue weighted by molar-refractivity contribution is 7.97. The molecule has 20 heavy (non-hydrogen) atoms. The van der Waals surface area contributed by atoms with Gasteiger partial charge in [0.1, 0.15) is 0 Å². The number of nitro benzene ring substituents is 1. The number of benzene rings is 1. The standard InChI is InChI=1S/C11H15N3O2S.C3H8/c12-9-4-6-13(7-5-9)17-11-3-1-2-10(8-11)14(15)16;1-3-2/h1-3,8-9H,4-7,12H2;3H2,1-2H3. The fourth-order valence-corrected chi connectivity index (χ4v) is 2.77. The molecule has 0 aliphatic carbocycles. The van der Waals surface area contributed by atoms with Crippen LogP contribution < -0.4 is 5.73 Å². The lowest BCUT2D eigenvalue weighted by atomic mass is 10.1. The van der Waals surface area contributed by atoms with E-state index in [-0.39, 0.29) is 10.6 Å². The highest BCUT2D eigenvalue weighted by Gasteiger charge is 2.17. The topological polar surface area (TPSA) is 72.4 Å². The molecule has 5 nitrogen and oxygen atoms in total. The summed E-state index contributed by atoms with van der Waals surface area (Å²) in [7, 11) is 0. The molecule has 0 amide bonds. The summed E-state index contributed by atoms with van der Waals surface area (Å²) >= 11 is 1.57. The predicted octanol–water partition coefficient (Wildman–Crippen LogP) is 3.44. The zero-order chi connectivity index (χ0) is 15.0. The van der Waals surface area contributed by atoms with Crippen LogP contribution in [0, 0.1) is 10.1 Å². The van der Waals surface area contributed by atoms with E-state index in [0.29, 0.717) is 6.04 Å². The smallest absolute Gasteiger partial charge is 0.270 e. The summed E-state index contributed by atoms with van der Waals surface area (Å²) in [5, 5.41) is 10.7. The third-order valence-corrected chi connectivity index (χ3v) is 3.85. The lowest BCUT2D eigenvalue weighted by Gasteiger charge is -2.28. The molecule has 2 N–H and O–H groups in total. The average Bonchev–Trinajstić information content (AvgIpc) is 2.43. The molecule has 1 heterocycles. The van der Waals surface area contributed by atoms with Crippen LogP contribution in [-0.4, -0.2) is 28.4 Å². The molecular weight excluding hydrogens is 274 g/mol. The first-order chi connectivity index (χ1) is 9.56. The number of nitrogens with two attached hydrogens (primary N) is 1. The van der Waals surface area contributed by atoms with Crippen LogP contribution in [0.4, 0.5) is 5.69 Å². The highest BCUT2D eigenvalue weighted by atomic mass is 32.2. The molecular formula is C14H23N3O2S. The molecule has 112 valence electrons. The van der Waals surface area contributed by atoms with Gasteiger partial charge in [-0.1, -0.05) is 26.3 Å². The van der Waals surface area contributed by atoms with E-state index in [0.717, 1.165) is 30.8 Å². The van der Waals surface area contributed by atoms with Gasteiger partial charge in [-0.3, -0.25) is 10.1 Å². The van der Waals surface area contributed by atoms with E-state index in [9.17, 15) is 10.1 Å². The van der Waals surface area contributed by atoms with Crippen molar-refractivity contribution in [2.75, 3.05) is 13.1 Å². The van der Waals surface area contributed by atoms with Crippen LogP contribution in [0.1, 0.15) is 33.1 Å². The van der Waals surface area contributed by atoms with Gasteiger partial charge in [-0.15, -0.1) is 0 Å². The van der Waals surface area contributed by atoms with E-state index in [2.05, 4.69) is 18.2 Å². The van der Waals surface area contributed by atoms with Gasteiger partial charge in [0.05, 0.1) is 4.92 Å². The van der Waals surface area contributed by atoms with E-state index in [1.165, 1.54) is 12.5 Å². The summed E-state index contributed by atoms with van der Waals surface area (Å²) in [6.45, 7) is 6.13. The fourth-order valence-electron chi connectivity index (χ4n) is 1.77. The largest absolute Gasteiger partial charge is 0.328 e. The molecule has 1 fully saturated rings. The summed E-state index contributed by atoms with van der Waals surface area (Å²) in [5.41, 5.74) is 5.97. The Morgan fingerprint density at radius 2 is 2.00 bits per heavy atom. The molecule has 0 atom stereocenters. The number of piperidine rings is 1. The molecule has 6 heteroatoms. The summed E-state index contributed by atoms with van der Waals surface area (Å²) in [5.74, 6) is 0. The summed E-state index contributed by atoms with van der Waals surface area (Å²) in [4.78, 5) is 11.2. The normalized spacial score (nSPS) is 16.4. The van der Waals surface area contributed by atoms with E-state index < -0.39 is 0 Å². The van der Waals surface area contributed by atoms with Crippen LogP contribution in [0.3, 0.4) is 0 Å². The molecule has 1 aliphatic heterocycles. The number of non-ortho nitro benzene ring substituents is 1. The number of nitrogens with zero attached hydrogens (tertiary/aromatic N) is 2. The number of nitro groups is 1. The number of hydrogen-bond donors (Lipinski definition) is 1. The van der Waals surface area contributed by atoms with Gasteiger partial charge in [-0.2, -0.15) is 0 Å². The van der Waals surface area contributed by atoms with E-state index in [1.807, 2.05) is 6.07 Å². The minimum Gasteiger partial charge on any atom is -0.328 e. The van der Waals surface area contributed by atoms with Gasteiger partial charge in [0.2, 0.25) is 0 Å². The summed E-state index contributed by atoms with van der Waals surface area (Å²) in [6, 6.07) is 7.04. The number of rotatable bonds is 3. The van der Waals surface area contributed by atoms with Crippen molar-refractivity contribution in [3.8, 4) is 0 Å². The van der Waals surface area contributed by atoms with E-state index in [4.69, 9.17) is 5.73 Å². The van der Waals surface area contributed by atoms with Gasteiger partial charge in [-0.05, 0) is 30.9 Å². The van der Waals surface area contributed by atoms with Crippen molar-refractivity contribution in [3.05, 3.63) is 34.4 Å². The van der Waals surface area contributed by atoms with Gasteiger partial charge in [0.25, 0.3) is 5.69 Å². The maximum Gasteiger partial charge on any atom is 0.270 e. The van der Waals surface area contributed by atoms with Crippen molar-refractivity contribution in [2.45, 2.75) is 44.0 Å². The van der Waals surface area contributed by atoms with Crippen molar-refractivity contribution in [3.63, 3.8) is 0 Å². The van der Waals surface area contributed by atoms with Crippen molar-refractivity contribution in [1.29, 1.82) is 0 Å². The second-order valence-corrected chi connectivity index (χ2v) is 5.99. The average molecular weight is 297 g/mol. The minimum atomic E-state index is -0.365.